The second-order valence-electron chi connectivity index (χ2n) is 3.69. The van der Waals surface area contributed by atoms with Crippen molar-refractivity contribution in [2.24, 2.45) is 0 Å². The average Bonchev–Trinajstić information content (AvgIpc) is 2.38. The van der Waals surface area contributed by atoms with E-state index in [1.165, 1.54) is 0 Å². The number of hydrogen-bond acceptors (Lipinski definition) is 3. The Hall–Kier alpha value is -1.55. The minimum atomic E-state index is 0.131. The van der Waals surface area contributed by atoms with Gasteiger partial charge in [0.2, 0.25) is 5.91 Å². The number of nitrogens with zero attached hydrogens (tertiary/aromatic N) is 1. The van der Waals surface area contributed by atoms with Crippen LogP contribution in [0.25, 0.3) is 0 Å². The Morgan fingerprint density at radius 2 is 2.00 bits per heavy atom. The van der Waals surface area contributed by atoms with E-state index in [0.29, 0.717) is 19.5 Å². The SMILES string of the molecule is CCN(C(=O)CCNC)c1ccc(OC)cc1. The third-order valence-electron chi connectivity index (χ3n) is 2.59. The smallest absolute Gasteiger partial charge is 0.228 e. The van der Waals surface area contributed by atoms with Gasteiger partial charge >= 0.3 is 0 Å². The van der Waals surface area contributed by atoms with Crippen LogP contribution < -0.4 is 15.0 Å². The highest BCUT2D eigenvalue weighted by molar-refractivity contribution is 5.93. The number of methoxy groups -OCH3 is 1. The summed E-state index contributed by atoms with van der Waals surface area (Å²) in [6.07, 6.45) is 0.510. The number of ether oxygens (including phenoxy) is 1. The van der Waals surface area contributed by atoms with Crippen LogP contribution in [0.3, 0.4) is 0 Å². The van der Waals surface area contributed by atoms with Gasteiger partial charge in [0, 0.05) is 25.2 Å². The first-order valence-electron chi connectivity index (χ1n) is 5.82. The first-order chi connectivity index (χ1) is 8.22. The Morgan fingerprint density at radius 3 is 2.47 bits per heavy atom. The summed E-state index contributed by atoms with van der Waals surface area (Å²) in [5.74, 6) is 0.930. The van der Waals surface area contributed by atoms with Crippen LogP contribution in [-0.4, -0.2) is 33.2 Å². The van der Waals surface area contributed by atoms with Gasteiger partial charge in [-0.05, 0) is 38.2 Å². The maximum Gasteiger partial charge on any atom is 0.228 e. The minimum Gasteiger partial charge on any atom is -0.497 e. The van der Waals surface area contributed by atoms with E-state index < -0.39 is 0 Å². The molecule has 1 amide bonds. The molecule has 4 heteroatoms. The molecule has 1 N–H and O–H groups in total. The molecule has 1 aromatic carbocycles. The van der Waals surface area contributed by atoms with Gasteiger partial charge in [-0.2, -0.15) is 0 Å². The first-order valence-corrected chi connectivity index (χ1v) is 5.82. The molecule has 0 radical (unpaired) electrons. The Morgan fingerprint density at radius 1 is 1.35 bits per heavy atom. The third-order valence-corrected chi connectivity index (χ3v) is 2.59. The lowest BCUT2D eigenvalue weighted by Gasteiger charge is -2.21. The highest BCUT2D eigenvalue weighted by Gasteiger charge is 2.12. The highest BCUT2D eigenvalue weighted by Crippen LogP contribution is 2.19. The summed E-state index contributed by atoms with van der Waals surface area (Å²) in [6.45, 7) is 3.35. The van der Waals surface area contributed by atoms with Crippen molar-refractivity contribution in [2.45, 2.75) is 13.3 Å². The van der Waals surface area contributed by atoms with Crippen LogP contribution in [0.4, 0.5) is 5.69 Å². The highest BCUT2D eigenvalue weighted by atomic mass is 16.5. The summed E-state index contributed by atoms with van der Waals surface area (Å²) >= 11 is 0. The van der Waals surface area contributed by atoms with Crippen LogP contribution in [0.5, 0.6) is 5.75 Å². The molecule has 0 fully saturated rings. The maximum atomic E-state index is 11.9. The molecule has 1 aromatic rings. The molecule has 0 aliphatic rings. The van der Waals surface area contributed by atoms with Crippen LogP contribution in [0.15, 0.2) is 24.3 Å². The number of benzene rings is 1. The summed E-state index contributed by atoms with van der Waals surface area (Å²) in [5, 5.41) is 2.98. The number of nitrogens with one attached hydrogen (secondary N) is 1. The molecular weight excluding hydrogens is 216 g/mol. The Balaban J connectivity index is 2.74. The number of anilines is 1. The number of rotatable bonds is 6. The second kappa shape index (κ2) is 6.91. The molecule has 0 aliphatic carbocycles. The third kappa shape index (κ3) is 3.75. The summed E-state index contributed by atoms with van der Waals surface area (Å²) in [5.41, 5.74) is 0.911. The Bertz CT molecular complexity index is 349. The van der Waals surface area contributed by atoms with Gasteiger partial charge in [-0.3, -0.25) is 4.79 Å². The Kier molecular flexibility index (Phi) is 5.49. The number of carbonyl (C=O) groups excluding carboxylic acids is 1. The summed E-state index contributed by atoms with van der Waals surface area (Å²) < 4.78 is 5.09. The molecule has 0 atom stereocenters. The van der Waals surface area contributed by atoms with Crippen LogP contribution in [0, 0.1) is 0 Å². The molecule has 17 heavy (non-hydrogen) atoms. The van der Waals surface area contributed by atoms with Crippen molar-refractivity contribution >= 4 is 11.6 Å². The fraction of sp³-hybridized carbons (Fsp3) is 0.462. The van der Waals surface area contributed by atoms with E-state index in [2.05, 4.69) is 5.32 Å². The van der Waals surface area contributed by atoms with Gasteiger partial charge in [0.1, 0.15) is 5.75 Å². The van der Waals surface area contributed by atoms with Crippen molar-refractivity contribution in [3.63, 3.8) is 0 Å². The van der Waals surface area contributed by atoms with Crippen molar-refractivity contribution in [2.75, 3.05) is 32.1 Å². The zero-order valence-corrected chi connectivity index (χ0v) is 10.7. The summed E-state index contributed by atoms with van der Waals surface area (Å²) in [6, 6.07) is 7.53. The fourth-order valence-corrected chi connectivity index (χ4v) is 1.63. The molecular formula is C13H20N2O2. The molecule has 0 aromatic heterocycles. The lowest BCUT2D eigenvalue weighted by molar-refractivity contribution is -0.118. The van der Waals surface area contributed by atoms with E-state index in [-0.39, 0.29) is 5.91 Å². The topological polar surface area (TPSA) is 41.6 Å². The number of amides is 1. The number of hydrogen-bond donors (Lipinski definition) is 1. The Labute approximate surface area is 103 Å². The van der Waals surface area contributed by atoms with E-state index in [1.807, 2.05) is 38.2 Å². The predicted octanol–water partition coefficient (Wildman–Crippen LogP) is 1.66. The average molecular weight is 236 g/mol. The molecule has 0 saturated carbocycles. The lowest BCUT2D eigenvalue weighted by atomic mass is 10.2. The summed E-state index contributed by atoms with van der Waals surface area (Å²) in [7, 11) is 3.47. The van der Waals surface area contributed by atoms with Crippen molar-refractivity contribution < 1.29 is 9.53 Å². The molecule has 0 heterocycles. The lowest BCUT2D eigenvalue weighted by Crippen LogP contribution is -2.32. The molecule has 0 saturated heterocycles. The van der Waals surface area contributed by atoms with Crippen molar-refractivity contribution in [1.82, 2.24) is 5.32 Å². The molecule has 0 spiro atoms. The second-order valence-corrected chi connectivity index (χ2v) is 3.69. The molecule has 1 rings (SSSR count). The molecule has 0 bridgehead atoms. The van der Waals surface area contributed by atoms with Crippen molar-refractivity contribution in [3.05, 3.63) is 24.3 Å². The maximum absolute atomic E-state index is 11.9. The summed E-state index contributed by atoms with van der Waals surface area (Å²) in [4.78, 5) is 13.7. The van der Waals surface area contributed by atoms with Crippen LogP contribution >= 0.6 is 0 Å². The van der Waals surface area contributed by atoms with E-state index in [0.717, 1.165) is 11.4 Å². The van der Waals surface area contributed by atoms with Crippen LogP contribution in [0.1, 0.15) is 13.3 Å². The van der Waals surface area contributed by atoms with E-state index >= 15 is 0 Å². The zero-order valence-electron chi connectivity index (χ0n) is 10.7. The zero-order chi connectivity index (χ0) is 12.7. The monoisotopic (exact) mass is 236 g/mol. The normalized spacial score (nSPS) is 10.1. The van der Waals surface area contributed by atoms with E-state index in [4.69, 9.17) is 4.74 Å². The van der Waals surface area contributed by atoms with Crippen LogP contribution in [0.2, 0.25) is 0 Å². The largest absolute Gasteiger partial charge is 0.497 e. The van der Waals surface area contributed by atoms with Crippen molar-refractivity contribution in [1.29, 1.82) is 0 Å². The van der Waals surface area contributed by atoms with Gasteiger partial charge in [-0.15, -0.1) is 0 Å². The predicted molar refractivity (Wildman–Crippen MR) is 69.6 cm³/mol. The quantitative estimate of drug-likeness (QED) is 0.816. The van der Waals surface area contributed by atoms with Gasteiger partial charge in [-0.25, -0.2) is 0 Å². The van der Waals surface area contributed by atoms with Crippen LogP contribution in [-0.2, 0) is 4.79 Å². The van der Waals surface area contributed by atoms with Gasteiger partial charge in [0.15, 0.2) is 0 Å². The van der Waals surface area contributed by atoms with Gasteiger partial charge in [0.05, 0.1) is 7.11 Å². The van der Waals surface area contributed by atoms with E-state index in [1.54, 1.807) is 12.0 Å². The standard InChI is InChI=1S/C13H20N2O2/c1-4-15(13(16)9-10-14-2)11-5-7-12(17-3)8-6-11/h5-8,14H,4,9-10H2,1-3H3. The van der Waals surface area contributed by atoms with Gasteiger partial charge in [0.25, 0.3) is 0 Å². The molecule has 94 valence electrons. The van der Waals surface area contributed by atoms with Crippen molar-refractivity contribution in [3.8, 4) is 5.75 Å². The minimum absolute atomic E-state index is 0.131. The van der Waals surface area contributed by atoms with E-state index in [9.17, 15) is 4.79 Å². The molecule has 0 aliphatic heterocycles. The molecule has 4 nitrogen and oxygen atoms in total. The van der Waals surface area contributed by atoms with Gasteiger partial charge in [-0.1, -0.05) is 0 Å². The van der Waals surface area contributed by atoms with Gasteiger partial charge < -0.3 is 15.0 Å². The first kappa shape index (κ1) is 13.5. The molecule has 0 unspecified atom stereocenters. The number of carbonyl (C=O) groups is 1. The fourth-order valence-electron chi connectivity index (χ4n) is 1.63.